The van der Waals surface area contributed by atoms with Crippen LogP contribution in [0.5, 0.6) is 0 Å². The van der Waals surface area contributed by atoms with E-state index in [-0.39, 0.29) is 5.91 Å². The number of halogens is 2. The number of benzene rings is 1. The average molecular weight is 314 g/mol. The predicted molar refractivity (Wildman–Crippen MR) is 84.3 cm³/mol. The van der Waals surface area contributed by atoms with Crippen molar-refractivity contribution in [2.45, 2.75) is 13.3 Å². The van der Waals surface area contributed by atoms with Crippen LogP contribution in [0, 0.1) is 0 Å². The Morgan fingerprint density at radius 3 is 2.80 bits per heavy atom. The van der Waals surface area contributed by atoms with Crippen molar-refractivity contribution in [3.05, 3.63) is 33.8 Å². The molecule has 0 bridgehead atoms. The quantitative estimate of drug-likeness (QED) is 0.665. The van der Waals surface area contributed by atoms with Gasteiger partial charge in [0.05, 0.1) is 22.9 Å². The molecule has 2 rings (SSSR count). The van der Waals surface area contributed by atoms with Crippen LogP contribution < -0.4 is 11.1 Å². The number of carbonyl (C=O) groups excluding carboxylic acids is 1. The van der Waals surface area contributed by atoms with E-state index < -0.39 is 0 Å². The normalized spacial score (nSPS) is 15.8. The fraction of sp³-hybridized carbons (Fsp3) is 0.357. The first-order chi connectivity index (χ1) is 9.45. The van der Waals surface area contributed by atoms with E-state index in [1.807, 2.05) is 0 Å². The van der Waals surface area contributed by atoms with Gasteiger partial charge in [-0.25, -0.2) is 0 Å². The highest BCUT2D eigenvalue weighted by Crippen LogP contribution is 2.31. The minimum absolute atomic E-state index is 0.131. The number of nitrogens with two attached hydrogens (primary N) is 1. The molecule has 0 saturated heterocycles. The molecule has 4 nitrogen and oxygen atoms in total. The zero-order valence-corrected chi connectivity index (χ0v) is 12.8. The molecule has 108 valence electrons. The molecular weight excluding hydrogens is 297 g/mol. The van der Waals surface area contributed by atoms with Gasteiger partial charge in [0.1, 0.15) is 0 Å². The number of rotatable bonds is 3. The van der Waals surface area contributed by atoms with E-state index in [1.165, 1.54) is 5.57 Å². The predicted octanol–water partition coefficient (Wildman–Crippen LogP) is 3.17. The highest BCUT2D eigenvalue weighted by atomic mass is 35.5. The molecular formula is C14H17Cl2N3O. The van der Waals surface area contributed by atoms with E-state index in [0.29, 0.717) is 28.0 Å². The Kier molecular flexibility index (Phi) is 4.91. The van der Waals surface area contributed by atoms with Gasteiger partial charge in [0.25, 0.3) is 0 Å². The summed E-state index contributed by atoms with van der Waals surface area (Å²) < 4.78 is 0. The summed E-state index contributed by atoms with van der Waals surface area (Å²) in [4.78, 5) is 14.1. The monoisotopic (exact) mass is 313 g/mol. The van der Waals surface area contributed by atoms with Crippen molar-refractivity contribution in [2.24, 2.45) is 0 Å². The van der Waals surface area contributed by atoms with E-state index in [9.17, 15) is 4.79 Å². The third-order valence-electron chi connectivity index (χ3n) is 3.24. The van der Waals surface area contributed by atoms with Crippen molar-refractivity contribution in [3.8, 4) is 0 Å². The molecule has 1 aromatic rings. The third-order valence-corrected chi connectivity index (χ3v) is 3.75. The number of amides is 1. The van der Waals surface area contributed by atoms with Crippen LogP contribution in [0.4, 0.5) is 11.4 Å². The fourth-order valence-corrected chi connectivity index (χ4v) is 2.62. The summed E-state index contributed by atoms with van der Waals surface area (Å²) in [5.41, 5.74) is 7.97. The summed E-state index contributed by atoms with van der Waals surface area (Å²) in [5, 5.41) is 3.54. The molecule has 1 aliphatic heterocycles. The number of hydrogen-bond donors (Lipinski definition) is 2. The molecule has 0 atom stereocenters. The standard InChI is InChI=1S/C14H17Cl2N3O/c1-9-2-4-19(5-3-9)8-13(20)18-14-11(16)6-10(15)7-12(14)17/h2,6-7H,3-5,8,17H2,1H3,(H,18,20). The maximum absolute atomic E-state index is 12.0. The average Bonchev–Trinajstić information content (AvgIpc) is 2.36. The third kappa shape index (κ3) is 3.88. The Hall–Kier alpha value is -1.23. The first-order valence-corrected chi connectivity index (χ1v) is 7.13. The smallest absolute Gasteiger partial charge is 0.238 e. The molecule has 0 radical (unpaired) electrons. The Morgan fingerprint density at radius 1 is 1.45 bits per heavy atom. The van der Waals surface area contributed by atoms with Crippen molar-refractivity contribution in [2.75, 3.05) is 30.7 Å². The summed E-state index contributed by atoms with van der Waals surface area (Å²) in [7, 11) is 0. The van der Waals surface area contributed by atoms with Crippen molar-refractivity contribution in [1.29, 1.82) is 0 Å². The zero-order valence-electron chi connectivity index (χ0n) is 11.2. The molecule has 6 heteroatoms. The molecule has 0 spiro atoms. The zero-order chi connectivity index (χ0) is 14.7. The lowest BCUT2D eigenvalue weighted by Gasteiger charge is -2.24. The second-order valence-corrected chi connectivity index (χ2v) is 5.78. The summed E-state index contributed by atoms with van der Waals surface area (Å²) in [6.45, 7) is 4.11. The summed E-state index contributed by atoms with van der Waals surface area (Å²) in [6.07, 6.45) is 3.14. The molecule has 0 aromatic heterocycles. The van der Waals surface area contributed by atoms with Gasteiger partial charge in [-0.2, -0.15) is 0 Å². The molecule has 20 heavy (non-hydrogen) atoms. The largest absolute Gasteiger partial charge is 0.397 e. The van der Waals surface area contributed by atoms with Gasteiger partial charge < -0.3 is 11.1 Å². The molecule has 1 heterocycles. The minimum atomic E-state index is -0.131. The number of hydrogen-bond acceptors (Lipinski definition) is 3. The van der Waals surface area contributed by atoms with E-state index in [4.69, 9.17) is 28.9 Å². The van der Waals surface area contributed by atoms with Crippen LogP contribution in [0.1, 0.15) is 13.3 Å². The highest BCUT2D eigenvalue weighted by molar-refractivity contribution is 6.37. The first-order valence-electron chi connectivity index (χ1n) is 6.38. The van der Waals surface area contributed by atoms with E-state index in [2.05, 4.69) is 23.2 Å². The molecule has 1 aliphatic rings. The van der Waals surface area contributed by atoms with Crippen LogP contribution >= 0.6 is 23.2 Å². The van der Waals surface area contributed by atoms with Crippen LogP contribution in [0.15, 0.2) is 23.8 Å². The molecule has 0 fully saturated rings. The fourth-order valence-electron chi connectivity index (χ4n) is 2.06. The molecule has 3 N–H and O–H groups in total. The SMILES string of the molecule is CC1=CCN(CC(=O)Nc2c(N)cc(Cl)cc2Cl)CC1. The van der Waals surface area contributed by atoms with Crippen LogP contribution in [0.2, 0.25) is 10.0 Å². The van der Waals surface area contributed by atoms with E-state index in [0.717, 1.165) is 19.5 Å². The Morgan fingerprint density at radius 2 is 2.20 bits per heavy atom. The Balaban J connectivity index is 1.98. The number of nitrogens with zero attached hydrogens (tertiary/aromatic N) is 1. The van der Waals surface area contributed by atoms with Crippen molar-refractivity contribution >= 4 is 40.5 Å². The lowest BCUT2D eigenvalue weighted by molar-refractivity contribution is -0.117. The van der Waals surface area contributed by atoms with Crippen LogP contribution in [-0.4, -0.2) is 30.4 Å². The summed E-state index contributed by atoms with van der Waals surface area (Å²) in [5.74, 6) is -0.131. The van der Waals surface area contributed by atoms with Gasteiger partial charge >= 0.3 is 0 Å². The summed E-state index contributed by atoms with van der Waals surface area (Å²) in [6, 6.07) is 3.12. The molecule has 1 aromatic carbocycles. The maximum Gasteiger partial charge on any atom is 0.238 e. The van der Waals surface area contributed by atoms with Gasteiger partial charge in [-0.15, -0.1) is 0 Å². The molecule has 0 aliphatic carbocycles. The van der Waals surface area contributed by atoms with Gasteiger partial charge in [0.2, 0.25) is 5.91 Å². The second kappa shape index (κ2) is 6.48. The molecule has 0 saturated carbocycles. The lowest BCUT2D eigenvalue weighted by atomic mass is 10.1. The Bertz CT molecular complexity index is 534. The second-order valence-electron chi connectivity index (χ2n) is 4.94. The van der Waals surface area contributed by atoms with Crippen LogP contribution in [-0.2, 0) is 4.79 Å². The van der Waals surface area contributed by atoms with Crippen LogP contribution in [0.25, 0.3) is 0 Å². The summed E-state index contributed by atoms with van der Waals surface area (Å²) >= 11 is 11.9. The van der Waals surface area contributed by atoms with Crippen molar-refractivity contribution in [1.82, 2.24) is 4.90 Å². The van der Waals surface area contributed by atoms with Gasteiger partial charge in [-0.05, 0) is 25.5 Å². The number of nitrogen functional groups attached to an aromatic ring is 1. The van der Waals surface area contributed by atoms with Crippen molar-refractivity contribution < 1.29 is 4.79 Å². The first kappa shape index (κ1) is 15.2. The molecule has 0 unspecified atom stereocenters. The number of anilines is 2. The number of nitrogens with one attached hydrogen (secondary N) is 1. The number of carbonyl (C=O) groups is 1. The van der Waals surface area contributed by atoms with Gasteiger partial charge in [-0.1, -0.05) is 34.9 Å². The van der Waals surface area contributed by atoms with Gasteiger partial charge in [0.15, 0.2) is 0 Å². The maximum atomic E-state index is 12.0. The molecule has 1 amide bonds. The van der Waals surface area contributed by atoms with E-state index in [1.54, 1.807) is 12.1 Å². The van der Waals surface area contributed by atoms with Gasteiger partial charge in [0, 0.05) is 18.1 Å². The van der Waals surface area contributed by atoms with Gasteiger partial charge in [-0.3, -0.25) is 9.69 Å². The lowest BCUT2D eigenvalue weighted by Crippen LogP contribution is -2.36. The topological polar surface area (TPSA) is 58.4 Å². The van der Waals surface area contributed by atoms with Crippen LogP contribution in [0.3, 0.4) is 0 Å². The Labute approximate surface area is 128 Å². The highest BCUT2D eigenvalue weighted by Gasteiger charge is 2.15. The van der Waals surface area contributed by atoms with Crippen molar-refractivity contribution in [3.63, 3.8) is 0 Å². The minimum Gasteiger partial charge on any atom is -0.397 e. The van der Waals surface area contributed by atoms with E-state index >= 15 is 0 Å².